The Hall–Kier alpha value is -2.04. The molecule has 0 bridgehead atoms. The van der Waals surface area contributed by atoms with E-state index in [0.29, 0.717) is 32.6 Å². The average molecular weight is 520 g/mol. The van der Waals surface area contributed by atoms with Crippen molar-refractivity contribution in [1.29, 1.82) is 0 Å². The number of benzene rings is 1. The largest absolute Gasteiger partial charge is 0.428 e. The summed E-state index contributed by atoms with van der Waals surface area (Å²) in [5, 5.41) is 10.7. The van der Waals surface area contributed by atoms with Crippen LogP contribution < -0.4 is 14.9 Å². The van der Waals surface area contributed by atoms with E-state index in [4.69, 9.17) is 14.6 Å². The van der Waals surface area contributed by atoms with E-state index in [-0.39, 0.29) is 18.4 Å². The number of nitrogens with zero attached hydrogens (tertiary/aromatic N) is 1. The van der Waals surface area contributed by atoms with Gasteiger partial charge in [-0.1, -0.05) is 25.5 Å². The zero-order valence-electron chi connectivity index (χ0n) is 16.8. The molecular formula is C21H21BrF3NO4S. The van der Waals surface area contributed by atoms with Crippen molar-refractivity contribution in [3.8, 4) is 11.5 Å². The molecule has 31 heavy (non-hydrogen) atoms. The number of para-hydroxylation sites is 1. The van der Waals surface area contributed by atoms with E-state index in [1.54, 1.807) is 24.4 Å². The molecule has 0 saturated heterocycles. The lowest BCUT2D eigenvalue weighted by atomic mass is 10.0. The predicted molar refractivity (Wildman–Crippen MR) is 117 cm³/mol. The first-order chi connectivity index (χ1) is 14.6. The Bertz CT molecular complexity index is 1110. The topological polar surface area (TPSA) is 60.7 Å². The molecule has 0 fully saturated rings. The van der Waals surface area contributed by atoms with E-state index in [9.17, 15) is 18.0 Å². The van der Waals surface area contributed by atoms with Crippen LogP contribution in [0.2, 0.25) is 0 Å². The second-order valence-corrected chi connectivity index (χ2v) is 8.84. The molecule has 1 aromatic carbocycles. The van der Waals surface area contributed by atoms with Crippen LogP contribution in [0.15, 0.2) is 45.1 Å². The van der Waals surface area contributed by atoms with Gasteiger partial charge >= 0.3 is 12.7 Å². The van der Waals surface area contributed by atoms with Gasteiger partial charge < -0.3 is 19.1 Å². The van der Waals surface area contributed by atoms with Crippen molar-refractivity contribution < 1.29 is 27.8 Å². The molecule has 0 aliphatic carbocycles. The summed E-state index contributed by atoms with van der Waals surface area (Å²) in [5.74, 6) is -0.150. The van der Waals surface area contributed by atoms with Crippen molar-refractivity contribution >= 4 is 37.5 Å². The molecule has 0 saturated carbocycles. The molecule has 1 aliphatic heterocycles. The molecule has 3 heterocycles. The highest BCUT2D eigenvalue weighted by atomic mass is 79.9. The Morgan fingerprint density at radius 3 is 2.68 bits per heavy atom. The maximum atomic E-state index is 13.0. The fourth-order valence-electron chi connectivity index (χ4n) is 3.27. The van der Waals surface area contributed by atoms with Gasteiger partial charge in [-0.25, -0.2) is 0 Å². The van der Waals surface area contributed by atoms with Gasteiger partial charge in [0, 0.05) is 12.7 Å². The van der Waals surface area contributed by atoms with Gasteiger partial charge in [0.25, 0.3) is 0 Å². The average Bonchev–Trinajstić information content (AvgIpc) is 3.32. The number of fused-ring (bicyclic) bond motifs is 2. The van der Waals surface area contributed by atoms with E-state index in [2.05, 4.69) is 15.9 Å². The number of aliphatic hydroxyl groups excluding tert-OH is 1. The van der Waals surface area contributed by atoms with Crippen molar-refractivity contribution in [2.45, 2.75) is 45.9 Å². The molecule has 5 nitrogen and oxygen atoms in total. The summed E-state index contributed by atoms with van der Waals surface area (Å²) in [6, 6.07) is 7.21. The molecule has 1 N–H and O–H groups in total. The first-order valence-corrected chi connectivity index (χ1v) is 11.2. The van der Waals surface area contributed by atoms with Gasteiger partial charge in [0.15, 0.2) is 11.5 Å². The number of thiophene rings is 1. The second-order valence-electron chi connectivity index (χ2n) is 7.07. The van der Waals surface area contributed by atoms with Crippen LogP contribution in [0.25, 0.3) is 10.2 Å². The zero-order chi connectivity index (χ0) is 22.8. The number of pyridine rings is 1. The van der Waals surface area contributed by atoms with Gasteiger partial charge in [0.2, 0.25) is 5.43 Å². The van der Waals surface area contributed by atoms with Crippen LogP contribution in [0.5, 0.6) is 11.5 Å². The minimum Gasteiger partial charge on any atom is -0.428 e. The Balaban J connectivity index is 0.000000207. The lowest BCUT2D eigenvalue weighted by Crippen LogP contribution is -2.28. The second kappa shape index (κ2) is 9.62. The maximum absolute atomic E-state index is 13.0. The SMILES string of the molecule is CCCC(Cn1cc(Br)c(=O)c2sccc21)C(F)(F)F.Cc1cccc2c1OC(O)O2. The van der Waals surface area contributed by atoms with E-state index < -0.39 is 18.6 Å². The maximum Gasteiger partial charge on any atom is 0.393 e. The Morgan fingerprint density at radius 2 is 2.03 bits per heavy atom. The molecule has 2 aromatic heterocycles. The van der Waals surface area contributed by atoms with Gasteiger partial charge in [-0.3, -0.25) is 4.79 Å². The lowest BCUT2D eigenvalue weighted by molar-refractivity contribution is -0.179. The lowest BCUT2D eigenvalue weighted by Gasteiger charge is -2.21. The highest BCUT2D eigenvalue weighted by molar-refractivity contribution is 9.10. The number of hydrogen-bond donors (Lipinski definition) is 1. The monoisotopic (exact) mass is 519 g/mol. The van der Waals surface area contributed by atoms with Gasteiger partial charge in [0.1, 0.15) is 0 Å². The van der Waals surface area contributed by atoms with Crippen LogP contribution in [-0.2, 0) is 6.54 Å². The number of hydrogen-bond acceptors (Lipinski definition) is 5. The van der Waals surface area contributed by atoms with Gasteiger partial charge in [0.05, 0.1) is 20.6 Å². The van der Waals surface area contributed by atoms with Crippen molar-refractivity contribution in [2.75, 3.05) is 0 Å². The highest BCUT2D eigenvalue weighted by Gasteiger charge is 2.39. The zero-order valence-corrected chi connectivity index (χ0v) is 19.2. The summed E-state index contributed by atoms with van der Waals surface area (Å²) < 4.78 is 51.2. The predicted octanol–water partition coefficient (Wildman–Crippen LogP) is 5.85. The molecule has 1 aliphatic rings. The number of ether oxygens (including phenoxy) is 2. The summed E-state index contributed by atoms with van der Waals surface area (Å²) in [6.45, 7) is 2.34. The molecule has 0 radical (unpaired) electrons. The summed E-state index contributed by atoms with van der Waals surface area (Å²) in [6.07, 6.45) is -2.23. The van der Waals surface area contributed by atoms with E-state index in [0.717, 1.165) is 5.56 Å². The summed E-state index contributed by atoms with van der Waals surface area (Å²) in [7, 11) is 0. The summed E-state index contributed by atoms with van der Waals surface area (Å²) in [5.41, 5.74) is 1.36. The third-order valence-corrected chi connectivity index (χ3v) is 6.25. The molecule has 2 atom stereocenters. The third-order valence-electron chi connectivity index (χ3n) is 4.79. The molecule has 4 rings (SSSR count). The first-order valence-electron chi connectivity index (χ1n) is 9.55. The van der Waals surface area contributed by atoms with Crippen molar-refractivity contribution in [3.63, 3.8) is 0 Å². The molecule has 3 aromatic rings. The number of halogens is 4. The third kappa shape index (κ3) is 5.42. The number of rotatable bonds is 4. The van der Waals surface area contributed by atoms with Crippen LogP contribution in [0.1, 0.15) is 25.3 Å². The number of alkyl halides is 3. The van der Waals surface area contributed by atoms with Crippen LogP contribution in [0.4, 0.5) is 13.2 Å². The summed E-state index contributed by atoms with van der Waals surface area (Å²) >= 11 is 4.37. The van der Waals surface area contributed by atoms with Crippen molar-refractivity contribution in [1.82, 2.24) is 4.57 Å². The number of aromatic nitrogens is 1. The quantitative estimate of drug-likeness (QED) is 0.469. The molecule has 0 spiro atoms. The molecule has 2 unspecified atom stereocenters. The standard InChI is InChI=1S/C13H13BrF3NOS.C8H8O3/c1-2-3-8(13(15,16)17)6-18-7-9(14)11(19)12-10(18)4-5-20-12;1-5-3-2-4-6-7(5)11-8(9)10-6/h4-5,7-8H,2-3,6H2,1H3;2-4,8-9H,1H3. The molecule has 10 heteroatoms. The van der Waals surface area contributed by atoms with E-state index in [1.165, 1.54) is 22.1 Å². The number of aryl methyl sites for hydroxylation is 1. The van der Waals surface area contributed by atoms with Crippen LogP contribution in [0, 0.1) is 12.8 Å². The first kappa shape index (κ1) is 23.6. The van der Waals surface area contributed by atoms with Gasteiger partial charge in [-0.2, -0.15) is 13.2 Å². The fraction of sp³-hybridized carbons (Fsp3) is 0.381. The van der Waals surface area contributed by atoms with Crippen molar-refractivity contribution in [3.05, 3.63) is 56.1 Å². The van der Waals surface area contributed by atoms with E-state index in [1.807, 2.05) is 19.1 Å². The van der Waals surface area contributed by atoms with Crippen LogP contribution in [0.3, 0.4) is 0 Å². The molecule has 168 valence electrons. The Morgan fingerprint density at radius 1 is 1.29 bits per heavy atom. The Kier molecular flexibility index (Phi) is 7.33. The normalized spacial score (nSPS) is 16.2. The van der Waals surface area contributed by atoms with Crippen LogP contribution >= 0.6 is 27.3 Å². The molecule has 0 amide bonds. The smallest absolute Gasteiger partial charge is 0.393 e. The minimum atomic E-state index is -4.23. The Labute approximate surface area is 189 Å². The highest BCUT2D eigenvalue weighted by Crippen LogP contribution is 2.36. The van der Waals surface area contributed by atoms with E-state index >= 15 is 0 Å². The van der Waals surface area contributed by atoms with Gasteiger partial charge in [-0.05, 0) is 52.4 Å². The number of aliphatic hydroxyl groups is 1. The van der Waals surface area contributed by atoms with Gasteiger partial charge in [-0.15, -0.1) is 11.3 Å². The van der Waals surface area contributed by atoms with Crippen LogP contribution in [-0.4, -0.2) is 22.3 Å². The fourth-order valence-corrected chi connectivity index (χ4v) is 4.70. The minimum absolute atomic E-state index is 0.0822. The summed E-state index contributed by atoms with van der Waals surface area (Å²) in [4.78, 5) is 11.9. The van der Waals surface area contributed by atoms with Crippen molar-refractivity contribution in [2.24, 2.45) is 5.92 Å². The molecular weight excluding hydrogens is 499 g/mol.